The van der Waals surface area contributed by atoms with Crippen LogP contribution in [0.1, 0.15) is 24.2 Å². The van der Waals surface area contributed by atoms with Crippen molar-refractivity contribution in [2.75, 3.05) is 19.7 Å². The number of hydrogen-bond acceptors (Lipinski definition) is 4. The summed E-state index contributed by atoms with van der Waals surface area (Å²) in [6, 6.07) is 17.2. The predicted octanol–water partition coefficient (Wildman–Crippen LogP) is 2.73. The number of aromatic amines is 1. The molecule has 1 aliphatic heterocycles. The van der Waals surface area contributed by atoms with Crippen molar-refractivity contribution in [3.63, 3.8) is 0 Å². The number of hydrogen-bond donors (Lipinski definition) is 1. The topological polar surface area (TPSA) is 80.2 Å². The molecule has 0 spiro atoms. The molecule has 0 saturated carbocycles. The number of H-pyrrole nitrogens is 1. The lowest BCUT2D eigenvalue weighted by Gasteiger charge is -2.31. The first-order chi connectivity index (χ1) is 14.6. The van der Waals surface area contributed by atoms with Crippen molar-refractivity contribution >= 4 is 5.91 Å². The van der Waals surface area contributed by atoms with E-state index < -0.39 is 0 Å². The predicted molar refractivity (Wildman–Crippen MR) is 114 cm³/mol. The Morgan fingerprint density at radius 1 is 1.10 bits per heavy atom. The van der Waals surface area contributed by atoms with Crippen molar-refractivity contribution in [3.05, 3.63) is 76.5 Å². The van der Waals surface area contributed by atoms with E-state index in [1.165, 1.54) is 0 Å². The van der Waals surface area contributed by atoms with Gasteiger partial charge in [-0.2, -0.15) is 5.10 Å². The molecule has 2 aromatic carbocycles. The van der Waals surface area contributed by atoms with E-state index in [2.05, 4.69) is 10.2 Å². The standard InChI is InChI=1S/C23H26N4O3/c1-17-7-5-6-10-20(17)27-21(24-25-23(27)29)15-18-11-13-26(14-12-18)22(28)16-30-19-8-3-2-4-9-19/h2-10,18H,11-16H2,1H3,(H,25,29). The number of aromatic nitrogens is 3. The van der Waals surface area contributed by atoms with Gasteiger partial charge in [0.05, 0.1) is 5.69 Å². The number of amides is 1. The van der Waals surface area contributed by atoms with E-state index in [1.54, 1.807) is 4.57 Å². The van der Waals surface area contributed by atoms with Crippen molar-refractivity contribution < 1.29 is 9.53 Å². The largest absolute Gasteiger partial charge is 0.484 e. The number of carbonyl (C=O) groups is 1. The Morgan fingerprint density at radius 3 is 2.53 bits per heavy atom. The number of carbonyl (C=O) groups excluding carboxylic acids is 1. The van der Waals surface area contributed by atoms with Gasteiger partial charge in [-0.05, 0) is 49.4 Å². The molecule has 4 rings (SSSR count). The number of aryl methyl sites for hydroxylation is 1. The first-order valence-corrected chi connectivity index (χ1v) is 10.3. The van der Waals surface area contributed by atoms with Crippen LogP contribution >= 0.6 is 0 Å². The number of nitrogens with zero attached hydrogens (tertiary/aromatic N) is 3. The number of nitrogens with one attached hydrogen (secondary N) is 1. The number of piperidine rings is 1. The number of benzene rings is 2. The zero-order chi connectivity index (χ0) is 20.9. The molecule has 0 unspecified atom stereocenters. The number of ether oxygens (including phenoxy) is 1. The fourth-order valence-corrected chi connectivity index (χ4v) is 3.93. The summed E-state index contributed by atoms with van der Waals surface area (Å²) in [5.74, 6) is 1.83. The Labute approximate surface area is 175 Å². The zero-order valence-corrected chi connectivity index (χ0v) is 17.1. The average molecular weight is 406 g/mol. The van der Waals surface area contributed by atoms with Gasteiger partial charge >= 0.3 is 5.69 Å². The van der Waals surface area contributed by atoms with Crippen LogP contribution in [0.2, 0.25) is 0 Å². The highest BCUT2D eigenvalue weighted by Crippen LogP contribution is 2.22. The molecule has 7 heteroatoms. The molecule has 1 amide bonds. The molecule has 0 bridgehead atoms. The smallest absolute Gasteiger partial charge is 0.347 e. The van der Waals surface area contributed by atoms with Gasteiger partial charge in [-0.1, -0.05) is 36.4 Å². The lowest BCUT2D eigenvalue weighted by Crippen LogP contribution is -2.41. The molecule has 1 saturated heterocycles. The van der Waals surface area contributed by atoms with Crippen LogP contribution in [0.5, 0.6) is 5.75 Å². The van der Waals surface area contributed by atoms with Crippen LogP contribution in [0.15, 0.2) is 59.4 Å². The second-order valence-corrected chi connectivity index (χ2v) is 7.70. The molecule has 156 valence electrons. The average Bonchev–Trinajstić information content (AvgIpc) is 3.13. The summed E-state index contributed by atoms with van der Waals surface area (Å²) in [5, 5.41) is 6.86. The third-order valence-corrected chi connectivity index (χ3v) is 5.64. The summed E-state index contributed by atoms with van der Waals surface area (Å²) >= 11 is 0. The van der Waals surface area contributed by atoms with Gasteiger partial charge in [0.15, 0.2) is 6.61 Å². The quantitative estimate of drug-likeness (QED) is 0.683. The zero-order valence-electron chi connectivity index (χ0n) is 17.1. The summed E-state index contributed by atoms with van der Waals surface area (Å²) in [6.07, 6.45) is 2.47. The van der Waals surface area contributed by atoms with Crippen LogP contribution in [-0.4, -0.2) is 45.3 Å². The van der Waals surface area contributed by atoms with E-state index in [0.29, 0.717) is 31.2 Å². The van der Waals surface area contributed by atoms with Gasteiger partial charge in [0.1, 0.15) is 11.6 Å². The number of para-hydroxylation sites is 2. The molecule has 2 heterocycles. The molecule has 1 aromatic heterocycles. The molecular weight excluding hydrogens is 380 g/mol. The Kier molecular flexibility index (Phi) is 5.97. The Balaban J connectivity index is 1.34. The van der Waals surface area contributed by atoms with Gasteiger partial charge in [0.25, 0.3) is 5.91 Å². The monoisotopic (exact) mass is 406 g/mol. The van der Waals surface area contributed by atoms with E-state index in [1.807, 2.05) is 66.4 Å². The van der Waals surface area contributed by atoms with Gasteiger partial charge in [-0.15, -0.1) is 0 Å². The lowest BCUT2D eigenvalue weighted by molar-refractivity contribution is -0.134. The van der Waals surface area contributed by atoms with Crippen LogP contribution in [-0.2, 0) is 11.2 Å². The third kappa shape index (κ3) is 4.45. The highest BCUT2D eigenvalue weighted by atomic mass is 16.5. The number of rotatable bonds is 6. The van der Waals surface area contributed by atoms with Gasteiger partial charge in [-0.25, -0.2) is 14.5 Å². The molecule has 0 atom stereocenters. The maximum Gasteiger partial charge on any atom is 0.347 e. The summed E-state index contributed by atoms with van der Waals surface area (Å²) in [6.45, 7) is 3.43. The first-order valence-electron chi connectivity index (χ1n) is 10.3. The summed E-state index contributed by atoms with van der Waals surface area (Å²) in [4.78, 5) is 26.7. The molecule has 0 aliphatic carbocycles. The van der Waals surface area contributed by atoms with E-state index in [4.69, 9.17) is 4.74 Å². The summed E-state index contributed by atoms with van der Waals surface area (Å²) in [7, 11) is 0. The number of likely N-dealkylation sites (tertiary alicyclic amines) is 1. The Hall–Kier alpha value is -3.35. The van der Waals surface area contributed by atoms with E-state index in [-0.39, 0.29) is 18.2 Å². The van der Waals surface area contributed by atoms with Crippen molar-refractivity contribution in [2.24, 2.45) is 5.92 Å². The Morgan fingerprint density at radius 2 is 1.80 bits per heavy atom. The fraction of sp³-hybridized carbons (Fsp3) is 0.348. The molecule has 30 heavy (non-hydrogen) atoms. The van der Waals surface area contributed by atoms with Crippen molar-refractivity contribution in [1.82, 2.24) is 19.7 Å². The van der Waals surface area contributed by atoms with Crippen molar-refractivity contribution in [1.29, 1.82) is 0 Å². The van der Waals surface area contributed by atoms with Gasteiger partial charge in [0, 0.05) is 19.5 Å². The molecule has 3 aromatic rings. The van der Waals surface area contributed by atoms with E-state index in [9.17, 15) is 9.59 Å². The highest BCUT2D eigenvalue weighted by Gasteiger charge is 2.25. The van der Waals surface area contributed by atoms with Crippen LogP contribution in [0.4, 0.5) is 0 Å². The molecule has 1 N–H and O–H groups in total. The van der Waals surface area contributed by atoms with Crippen molar-refractivity contribution in [2.45, 2.75) is 26.2 Å². The molecule has 0 radical (unpaired) electrons. The first kappa shape index (κ1) is 19.9. The highest BCUT2D eigenvalue weighted by molar-refractivity contribution is 5.77. The molecule has 1 fully saturated rings. The van der Waals surface area contributed by atoms with Gasteiger partial charge in [-0.3, -0.25) is 4.79 Å². The molecule has 1 aliphatic rings. The van der Waals surface area contributed by atoms with Gasteiger partial charge in [0.2, 0.25) is 0 Å². The van der Waals surface area contributed by atoms with Crippen molar-refractivity contribution in [3.8, 4) is 11.4 Å². The van der Waals surface area contributed by atoms with E-state index in [0.717, 1.165) is 29.9 Å². The maximum absolute atomic E-state index is 12.5. The third-order valence-electron chi connectivity index (χ3n) is 5.64. The van der Waals surface area contributed by atoms with Crippen LogP contribution in [0.25, 0.3) is 5.69 Å². The second kappa shape index (κ2) is 8.98. The Bertz CT molecular complexity index is 1050. The normalized spacial score (nSPS) is 14.6. The van der Waals surface area contributed by atoms with Crippen LogP contribution < -0.4 is 10.4 Å². The molecule has 7 nitrogen and oxygen atoms in total. The summed E-state index contributed by atoms with van der Waals surface area (Å²) in [5.41, 5.74) is 1.67. The van der Waals surface area contributed by atoms with Crippen LogP contribution in [0, 0.1) is 12.8 Å². The lowest BCUT2D eigenvalue weighted by atomic mass is 9.93. The summed E-state index contributed by atoms with van der Waals surface area (Å²) < 4.78 is 7.25. The minimum Gasteiger partial charge on any atom is -0.484 e. The minimum atomic E-state index is -0.218. The second-order valence-electron chi connectivity index (χ2n) is 7.70. The van der Waals surface area contributed by atoms with E-state index >= 15 is 0 Å². The van der Waals surface area contributed by atoms with Crippen LogP contribution in [0.3, 0.4) is 0 Å². The minimum absolute atomic E-state index is 0.00823. The molecular formula is C23H26N4O3. The fourth-order valence-electron chi connectivity index (χ4n) is 3.93. The van der Waals surface area contributed by atoms with Gasteiger partial charge < -0.3 is 9.64 Å². The SMILES string of the molecule is Cc1ccccc1-n1c(CC2CCN(C(=O)COc3ccccc3)CC2)n[nH]c1=O. The maximum atomic E-state index is 12.5.